The van der Waals surface area contributed by atoms with Crippen LogP contribution >= 0.6 is 0 Å². The SMILES string of the molecule is COc1ccnc(C(=O)N2CCCN(Cc3ccccc3C)CC2)c1. The molecule has 5 heteroatoms. The third-order valence-electron chi connectivity index (χ3n) is 4.72. The number of hydrogen-bond donors (Lipinski definition) is 0. The van der Waals surface area contributed by atoms with Gasteiger partial charge in [0.25, 0.3) is 5.91 Å². The van der Waals surface area contributed by atoms with Gasteiger partial charge in [-0.3, -0.25) is 14.7 Å². The molecule has 1 amide bonds. The summed E-state index contributed by atoms with van der Waals surface area (Å²) in [6, 6.07) is 12.0. The van der Waals surface area contributed by atoms with E-state index >= 15 is 0 Å². The van der Waals surface area contributed by atoms with Crippen molar-refractivity contribution < 1.29 is 9.53 Å². The van der Waals surface area contributed by atoms with E-state index in [9.17, 15) is 4.79 Å². The number of carbonyl (C=O) groups is 1. The smallest absolute Gasteiger partial charge is 0.272 e. The van der Waals surface area contributed by atoms with Gasteiger partial charge in [0.15, 0.2) is 0 Å². The molecule has 0 unspecified atom stereocenters. The zero-order chi connectivity index (χ0) is 17.6. The molecule has 0 aliphatic carbocycles. The summed E-state index contributed by atoms with van der Waals surface area (Å²) >= 11 is 0. The fraction of sp³-hybridized carbons (Fsp3) is 0.400. The zero-order valence-corrected chi connectivity index (χ0v) is 14.9. The number of amides is 1. The molecule has 2 aromatic rings. The Kier molecular flexibility index (Phi) is 5.66. The molecule has 2 heterocycles. The van der Waals surface area contributed by atoms with E-state index in [1.807, 2.05) is 4.90 Å². The van der Waals surface area contributed by atoms with E-state index in [0.29, 0.717) is 11.4 Å². The number of hydrogen-bond acceptors (Lipinski definition) is 4. The van der Waals surface area contributed by atoms with Gasteiger partial charge in [-0.15, -0.1) is 0 Å². The Bertz CT molecular complexity index is 732. The number of aryl methyl sites for hydroxylation is 1. The van der Waals surface area contributed by atoms with Gasteiger partial charge >= 0.3 is 0 Å². The molecule has 3 rings (SSSR count). The van der Waals surface area contributed by atoms with Crippen LogP contribution in [0, 0.1) is 6.92 Å². The lowest BCUT2D eigenvalue weighted by atomic mass is 10.1. The minimum absolute atomic E-state index is 0.0170. The fourth-order valence-electron chi connectivity index (χ4n) is 3.18. The number of carbonyl (C=O) groups excluding carboxylic acids is 1. The van der Waals surface area contributed by atoms with Crippen LogP contribution in [-0.4, -0.2) is 54.0 Å². The quantitative estimate of drug-likeness (QED) is 0.859. The van der Waals surface area contributed by atoms with E-state index in [0.717, 1.165) is 39.1 Å². The predicted molar refractivity (Wildman–Crippen MR) is 97.8 cm³/mol. The van der Waals surface area contributed by atoms with Gasteiger partial charge in [0.1, 0.15) is 11.4 Å². The van der Waals surface area contributed by atoms with Crippen LogP contribution in [0.25, 0.3) is 0 Å². The molecule has 1 aromatic heterocycles. The van der Waals surface area contributed by atoms with Gasteiger partial charge < -0.3 is 9.64 Å². The first kappa shape index (κ1) is 17.4. The Morgan fingerprint density at radius 1 is 1.16 bits per heavy atom. The number of rotatable bonds is 4. The third kappa shape index (κ3) is 4.37. The maximum atomic E-state index is 12.7. The topological polar surface area (TPSA) is 45.7 Å². The number of pyridine rings is 1. The highest BCUT2D eigenvalue weighted by atomic mass is 16.5. The molecule has 0 bridgehead atoms. The fourth-order valence-corrected chi connectivity index (χ4v) is 3.18. The second-order valence-electron chi connectivity index (χ2n) is 6.43. The van der Waals surface area contributed by atoms with E-state index in [1.165, 1.54) is 11.1 Å². The van der Waals surface area contributed by atoms with Crippen molar-refractivity contribution in [1.82, 2.24) is 14.8 Å². The summed E-state index contributed by atoms with van der Waals surface area (Å²) in [6.45, 7) is 6.46. The van der Waals surface area contributed by atoms with E-state index in [2.05, 4.69) is 41.1 Å². The lowest BCUT2D eigenvalue weighted by Crippen LogP contribution is -2.35. The van der Waals surface area contributed by atoms with Crippen molar-refractivity contribution in [2.45, 2.75) is 19.9 Å². The van der Waals surface area contributed by atoms with Gasteiger partial charge in [0.2, 0.25) is 0 Å². The van der Waals surface area contributed by atoms with Crippen LogP contribution in [0.3, 0.4) is 0 Å². The molecule has 5 nitrogen and oxygen atoms in total. The molecular weight excluding hydrogens is 314 g/mol. The molecule has 0 spiro atoms. The molecule has 1 aliphatic heterocycles. The van der Waals surface area contributed by atoms with Gasteiger partial charge in [-0.1, -0.05) is 24.3 Å². The maximum absolute atomic E-state index is 12.7. The van der Waals surface area contributed by atoms with E-state index in [4.69, 9.17) is 4.74 Å². The van der Waals surface area contributed by atoms with Crippen molar-refractivity contribution in [1.29, 1.82) is 0 Å². The van der Waals surface area contributed by atoms with Crippen molar-refractivity contribution in [2.75, 3.05) is 33.3 Å². The van der Waals surface area contributed by atoms with Crippen molar-refractivity contribution >= 4 is 5.91 Å². The minimum atomic E-state index is -0.0170. The summed E-state index contributed by atoms with van der Waals surface area (Å²) < 4.78 is 5.19. The minimum Gasteiger partial charge on any atom is -0.497 e. The lowest BCUT2D eigenvalue weighted by Gasteiger charge is -2.22. The normalized spacial score (nSPS) is 15.7. The summed E-state index contributed by atoms with van der Waals surface area (Å²) in [7, 11) is 1.60. The van der Waals surface area contributed by atoms with Crippen LogP contribution in [0.4, 0.5) is 0 Å². The Morgan fingerprint density at radius 2 is 2.00 bits per heavy atom. The van der Waals surface area contributed by atoms with E-state index < -0.39 is 0 Å². The predicted octanol–water partition coefficient (Wildman–Crippen LogP) is 2.75. The van der Waals surface area contributed by atoms with Crippen LogP contribution in [0.1, 0.15) is 28.0 Å². The van der Waals surface area contributed by atoms with Crippen LogP contribution in [-0.2, 0) is 6.54 Å². The molecule has 1 saturated heterocycles. The van der Waals surface area contributed by atoms with Crippen molar-refractivity contribution in [3.05, 3.63) is 59.4 Å². The van der Waals surface area contributed by atoms with Gasteiger partial charge in [-0.05, 0) is 30.5 Å². The second-order valence-corrected chi connectivity index (χ2v) is 6.43. The molecule has 0 saturated carbocycles. The number of aromatic nitrogens is 1. The largest absolute Gasteiger partial charge is 0.497 e. The summed E-state index contributed by atoms with van der Waals surface area (Å²) in [5.74, 6) is 0.644. The maximum Gasteiger partial charge on any atom is 0.272 e. The molecule has 0 N–H and O–H groups in total. The van der Waals surface area contributed by atoms with E-state index in [-0.39, 0.29) is 5.91 Å². The Labute approximate surface area is 149 Å². The van der Waals surface area contributed by atoms with Gasteiger partial charge in [-0.2, -0.15) is 0 Å². The standard InChI is InChI=1S/C20H25N3O2/c1-16-6-3-4-7-17(16)15-22-10-5-11-23(13-12-22)20(24)19-14-18(25-2)8-9-21-19/h3-4,6-9,14H,5,10-13,15H2,1-2H3. The van der Waals surface area contributed by atoms with Crippen LogP contribution in [0.2, 0.25) is 0 Å². The first-order chi connectivity index (χ1) is 12.2. The van der Waals surface area contributed by atoms with Gasteiger partial charge in [-0.25, -0.2) is 0 Å². The molecule has 132 valence electrons. The molecule has 0 atom stereocenters. The third-order valence-corrected chi connectivity index (χ3v) is 4.72. The average Bonchev–Trinajstić information content (AvgIpc) is 2.89. The average molecular weight is 339 g/mol. The molecule has 1 fully saturated rings. The zero-order valence-electron chi connectivity index (χ0n) is 14.9. The highest BCUT2D eigenvalue weighted by molar-refractivity contribution is 5.92. The van der Waals surface area contributed by atoms with Crippen molar-refractivity contribution in [3.8, 4) is 5.75 Å². The summed E-state index contributed by atoms with van der Waals surface area (Å²) in [6.07, 6.45) is 2.59. The molecule has 0 radical (unpaired) electrons. The summed E-state index contributed by atoms with van der Waals surface area (Å²) in [5.41, 5.74) is 3.13. The van der Waals surface area contributed by atoms with Crippen molar-refractivity contribution in [3.63, 3.8) is 0 Å². The van der Waals surface area contributed by atoms with Crippen LogP contribution < -0.4 is 4.74 Å². The lowest BCUT2D eigenvalue weighted by molar-refractivity contribution is 0.0755. The number of nitrogens with zero attached hydrogens (tertiary/aromatic N) is 3. The van der Waals surface area contributed by atoms with Crippen LogP contribution in [0.15, 0.2) is 42.6 Å². The molecule has 1 aliphatic rings. The Morgan fingerprint density at radius 3 is 2.80 bits per heavy atom. The highest BCUT2D eigenvalue weighted by Gasteiger charge is 2.21. The summed E-state index contributed by atoms with van der Waals surface area (Å²) in [4.78, 5) is 21.3. The van der Waals surface area contributed by atoms with Gasteiger partial charge in [0, 0.05) is 45.0 Å². The monoisotopic (exact) mass is 339 g/mol. The molecule has 1 aromatic carbocycles. The van der Waals surface area contributed by atoms with Crippen LogP contribution in [0.5, 0.6) is 5.75 Å². The van der Waals surface area contributed by atoms with Gasteiger partial charge in [0.05, 0.1) is 7.11 Å². The molecular formula is C20H25N3O2. The van der Waals surface area contributed by atoms with E-state index in [1.54, 1.807) is 25.4 Å². The number of benzene rings is 1. The Hall–Kier alpha value is -2.40. The number of ether oxygens (including phenoxy) is 1. The highest BCUT2D eigenvalue weighted by Crippen LogP contribution is 2.15. The Balaban J connectivity index is 1.63. The summed E-state index contributed by atoms with van der Waals surface area (Å²) in [5, 5.41) is 0. The first-order valence-corrected chi connectivity index (χ1v) is 8.73. The van der Waals surface area contributed by atoms with Crippen molar-refractivity contribution in [2.24, 2.45) is 0 Å². The second kappa shape index (κ2) is 8.12. The molecule has 25 heavy (non-hydrogen) atoms. The number of methoxy groups -OCH3 is 1. The first-order valence-electron chi connectivity index (χ1n) is 8.73.